The molecule has 0 aromatic heterocycles. The summed E-state index contributed by atoms with van der Waals surface area (Å²) in [5, 5.41) is 17.0. The average molecular weight is 226 g/mol. The molecule has 0 fully saturated rings. The van der Waals surface area contributed by atoms with Crippen LogP contribution in [0.15, 0.2) is 0 Å². The first-order chi connectivity index (χ1) is 4.00. The predicted octanol–water partition coefficient (Wildman–Crippen LogP) is 2.45. The van der Waals surface area contributed by atoms with Gasteiger partial charge in [0.05, 0.1) is 11.2 Å². The number of rotatable bonds is 0. The van der Waals surface area contributed by atoms with Gasteiger partial charge in [0.1, 0.15) is 0 Å². The Morgan fingerprint density at radius 1 is 0.615 bits per heavy atom. The molecule has 0 aliphatic heterocycles. The Kier molecular flexibility index (Phi) is 24.1. The van der Waals surface area contributed by atoms with E-state index in [-0.39, 0.29) is 36.6 Å². The molecule has 0 saturated heterocycles. The Bertz CT molecular complexity index is 55.9. The van der Waals surface area contributed by atoms with E-state index in [0.29, 0.717) is 0 Å². The van der Waals surface area contributed by atoms with Crippen LogP contribution in [0.2, 0.25) is 0 Å². The van der Waals surface area contributed by atoms with E-state index >= 15 is 0 Å². The largest absolute Gasteiger partial charge is 2.00 e. The third-order valence-corrected chi connectivity index (χ3v) is 0. The van der Waals surface area contributed by atoms with Crippen LogP contribution in [0.4, 0.5) is 0 Å². The van der Waals surface area contributed by atoms with Gasteiger partial charge in [0.15, 0.2) is 0 Å². The molecule has 0 bridgehead atoms. The summed E-state index contributed by atoms with van der Waals surface area (Å²) in [5.41, 5.74) is -1.00. The van der Waals surface area contributed by atoms with E-state index in [1.54, 1.807) is 41.5 Å². The maximum atomic E-state index is 8.52. The molecule has 0 atom stereocenters. The number of hydrogen-bond donors (Lipinski definition) is 2. The van der Waals surface area contributed by atoms with E-state index in [4.69, 9.17) is 10.2 Å². The third-order valence-electron chi connectivity index (χ3n) is 0. The molecule has 0 aromatic rings. The van der Waals surface area contributed by atoms with Crippen LogP contribution < -0.4 is 0 Å². The molecule has 0 aromatic carbocycles. The molecular weight excluding hydrogens is 200 g/mol. The van der Waals surface area contributed by atoms with E-state index in [1.807, 2.05) is 0 Å². The first-order valence-corrected chi connectivity index (χ1v) is 3.45. The van der Waals surface area contributed by atoms with Crippen molar-refractivity contribution in [3.05, 3.63) is 14.9 Å². The fraction of sp³-hybridized carbons (Fsp3) is 0.800. The zero-order valence-corrected chi connectivity index (χ0v) is 12.0. The molecule has 0 rings (SSSR count). The normalized spacial score (nSPS) is 9.23. The zero-order chi connectivity index (χ0) is 9.00. The quantitative estimate of drug-likeness (QED) is 0.492. The fourth-order valence-electron chi connectivity index (χ4n) is 0. The van der Waals surface area contributed by atoms with Crippen LogP contribution in [0.25, 0.3) is 0 Å². The van der Waals surface area contributed by atoms with E-state index in [0.717, 1.165) is 0 Å². The summed E-state index contributed by atoms with van der Waals surface area (Å²) in [6.07, 6.45) is 0. The van der Waals surface area contributed by atoms with E-state index in [9.17, 15) is 0 Å². The zero-order valence-electron chi connectivity index (χ0n) is 10.4. The minimum Gasteiger partial charge on any atom is -0.391 e. The predicted molar refractivity (Wildman–Crippen MR) is 56.8 cm³/mol. The summed E-state index contributed by atoms with van der Waals surface area (Å²) in [6.45, 7) is 10.5. The van der Waals surface area contributed by atoms with Crippen molar-refractivity contribution in [3.63, 3.8) is 0 Å². The molecule has 82 valence electrons. The summed E-state index contributed by atoms with van der Waals surface area (Å²) in [5.74, 6) is 0. The van der Waals surface area contributed by atoms with Crippen LogP contribution in [0.1, 0.15) is 41.5 Å². The van der Waals surface area contributed by atoms with Gasteiger partial charge in [0.25, 0.3) is 0 Å². The molecule has 0 heterocycles. The van der Waals surface area contributed by atoms with Gasteiger partial charge in [-0.05, 0) is 41.5 Å². The van der Waals surface area contributed by atoms with E-state index in [2.05, 4.69) is 0 Å². The van der Waals surface area contributed by atoms with Crippen molar-refractivity contribution < 1.29 is 31.9 Å². The van der Waals surface area contributed by atoms with Crippen molar-refractivity contribution in [1.29, 1.82) is 0 Å². The molecule has 2 N–H and O–H groups in total. The van der Waals surface area contributed by atoms with Crippen molar-refractivity contribution >= 4 is 0 Å². The SMILES string of the molecule is CC(C)(C)O.CC(C)(C)O.[CH3-].[CH3-].[Ti+2]. The number of aliphatic hydroxyl groups is 2. The van der Waals surface area contributed by atoms with Crippen LogP contribution in [0.5, 0.6) is 0 Å². The van der Waals surface area contributed by atoms with Crippen molar-refractivity contribution in [2.75, 3.05) is 0 Å². The smallest absolute Gasteiger partial charge is 0.391 e. The van der Waals surface area contributed by atoms with Gasteiger partial charge >= 0.3 is 21.7 Å². The minimum absolute atomic E-state index is 0. The van der Waals surface area contributed by atoms with Gasteiger partial charge in [0.2, 0.25) is 0 Å². The molecule has 0 unspecified atom stereocenters. The molecule has 0 amide bonds. The van der Waals surface area contributed by atoms with Crippen LogP contribution in [-0.2, 0) is 21.7 Å². The van der Waals surface area contributed by atoms with Gasteiger partial charge < -0.3 is 25.1 Å². The molecule has 3 heteroatoms. The van der Waals surface area contributed by atoms with Gasteiger partial charge in [-0.25, -0.2) is 0 Å². The van der Waals surface area contributed by atoms with E-state index < -0.39 is 11.2 Å². The van der Waals surface area contributed by atoms with Crippen LogP contribution >= 0.6 is 0 Å². The van der Waals surface area contributed by atoms with Crippen LogP contribution in [0, 0.1) is 14.9 Å². The number of hydrogen-bond acceptors (Lipinski definition) is 2. The second-order valence-corrected chi connectivity index (χ2v) is 4.34. The van der Waals surface area contributed by atoms with Gasteiger partial charge in [-0.2, -0.15) is 0 Å². The molecule has 0 saturated carbocycles. The first-order valence-electron chi connectivity index (χ1n) is 3.45. The Labute approximate surface area is 99.6 Å². The monoisotopic (exact) mass is 226 g/mol. The summed E-state index contributed by atoms with van der Waals surface area (Å²) in [7, 11) is 0. The standard InChI is InChI=1S/2C4H10O.2CH3.Ti/c2*1-4(2,3)5;;;/h2*5H,1-3H3;2*1H3;/q;;2*-1;+2. The van der Waals surface area contributed by atoms with Crippen LogP contribution in [0.3, 0.4) is 0 Å². The Balaban J connectivity index is -0.0000000267. The van der Waals surface area contributed by atoms with Gasteiger partial charge in [0, 0.05) is 0 Å². The molecule has 13 heavy (non-hydrogen) atoms. The van der Waals surface area contributed by atoms with Crippen molar-refractivity contribution in [2.24, 2.45) is 0 Å². The summed E-state index contributed by atoms with van der Waals surface area (Å²) in [6, 6.07) is 0. The van der Waals surface area contributed by atoms with Crippen molar-refractivity contribution in [3.8, 4) is 0 Å². The second-order valence-electron chi connectivity index (χ2n) is 4.34. The van der Waals surface area contributed by atoms with Crippen LogP contribution in [-0.4, -0.2) is 21.4 Å². The summed E-state index contributed by atoms with van der Waals surface area (Å²) < 4.78 is 0. The minimum atomic E-state index is -0.500. The van der Waals surface area contributed by atoms with Crippen molar-refractivity contribution in [1.82, 2.24) is 0 Å². The van der Waals surface area contributed by atoms with E-state index in [1.165, 1.54) is 0 Å². The molecule has 0 aliphatic rings. The Morgan fingerprint density at radius 3 is 0.615 bits per heavy atom. The molecule has 2 nitrogen and oxygen atoms in total. The second kappa shape index (κ2) is 10.7. The Morgan fingerprint density at radius 2 is 0.615 bits per heavy atom. The van der Waals surface area contributed by atoms with Gasteiger partial charge in [-0.3, -0.25) is 0 Å². The topological polar surface area (TPSA) is 40.5 Å². The maximum absolute atomic E-state index is 8.52. The molecular formula is C10H26O2Ti. The average Bonchev–Trinajstić information content (AvgIpc) is 1.12. The maximum Gasteiger partial charge on any atom is 2.00 e. The summed E-state index contributed by atoms with van der Waals surface area (Å²) in [4.78, 5) is 0. The van der Waals surface area contributed by atoms with Gasteiger partial charge in [-0.15, -0.1) is 0 Å². The third kappa shape index (κ3) is 3550. The first kappa shape index (κ1) is 29.2. The molecule has 0 aliphatic carbocycles. The van der Waals surface area contributed by atoms with Gasteiger partial charge in [-0.1, -0.05) is 0 Å². The molecule has 0 radical (unpaired) electrons. The Hall–Kier alpha value is 0.634. The molecule has 0 spiro atoms. The fourth-order valence-corrected chi connectivity index (χ4v) is 0. The van der Waals surface area contributed by atoms with Crippen molar-refractivity contribution in [2.45, 2.75) is 52.7 Å². The summed E-state index contributed by atoms with van der Waals surface area (Å²) >= 11 is 0.